The average Bonchev–Trinajstić information content (AvgIpc) is 3.09. The summed E-state index contributed by atoms with van der Waals surface area (Å²) in [5, 5.41) is 6.16. The van der Waals surface area contributed by atoms with Gasteiger partial charge in [-0.05, 0) is 29.6 Å². The Bertz CT molecular complexity index is 695. The monoisotopic (exact) mass is 340 g/mol. The van der Waals surface area contributed by atoms with Crippen LogP contribution in [0.25, 0.3) is 0 Å². The largest absolute Gasteiger partial charge is 0.370 e. The maximum atomic E-state index is 6.20. The predicted molar refractivity (Wildman–Crippen MR) is 88.4 cm³/mol. The number of aromatic nitrogens is 1. The zero-order valence-electron chi connectivity index (χ0n) is 10.2. The molecular weight excluding hydrogens is 331 g/mol. The quantitative estimate of drug-likeness (QED) is 0.657. The maximum absolute atomic E-state index is 6.20. The number of rotatable bonds is 4. The van der Waals surface area contributed by atoms with Crippen LogP contribution in [0.1, 0.15) is 15.8 Å². The Kier molecular flexibility index (Phi) is 4.27. The van der Waals surface area contributed by atoms with Gasteiger partial charge >= 0.3 is 0 Å². The molecule has 0 aliphatic carbocycles. The molecule has 0 aliphatic rings. The number of anilines is 1. The van der Waals surface area contributed by atoms with E-state index in [0.29, 0.717) is 5.02 Å². The lowest BCUT2D eigenvalue weighted by Crippen LogP contribution is -2.10. The van der Waals surface area contributed by atoms with Crippen molar-refractivity contribution < 1.29 is 0 Å². The van der Waals surface area contributed by atoms with E-state index in [-0.39, 0.29) is 6.04 Å². The van der Waals surface area contributed by atoms with Gasteiger partial charge in [0.1, 0.15) is 0 Å². The second-order valence-corrected chi connectivity index (χ2v) is 7.22. The summed E-state index contributed by atoms with van der Waals surface area (Å²) in [6.07, 6.45) is 3.41. The van der Waals surface area contributed by atoms with Crippen molar-refractivity contribution >= 4 is 51.6 Å². The molecule has 102 valence electrons. The summed E-state index contributed by atoms with van der Waals surface area (Å²) < 4.78 is 0.778. The van der Waals surface area contributed by atoms with Gasteiger partial charge in [-0.15, -0.1) is 22.7 Å². The van der Waals surface area contributed by atoms with Crippen LogP contribution in [0, 0.1) is 0 Å². The zero-order chi connectivity index (χ0) is 13.9. The van der Waals surface area contributed by atoms with Crippen LogP contribution in [0.4, 0.5) is 5.69 Å². The smallest absolute Gasteiger partial charge is 0.0954 e. The highest BCUT2D eigenvalue weighted by atomic mass is 35.5. The van der Waals surface area contributed by atoms with Crippen molar-refractivity contribution in [3.05, 3.63) is 67.2 Å². The third-order valence-corrected chi connectivity index (χ3v) is 5.34. The average molecular weight is 341 g/mol. The van der Waals surface area contributed by atoms with Crippen molar-refractivity contribution in [3.8, 4) is 0 Å². The van der Waals surface area contributed by atoms with Gasteiger partial charge in [-0.1, -0.05) is 29.3 Å². The topological polar surface area (TPSA) is 24.9 Å². The van der Waals surface area contributed by atoms with Crippen LogP contribution in [0.15, 0.2) is 48.1 Å². The Morgan fingerprint density at radius 1 is 1.10 bits per heavy atom. The van der Waals surface area contributed by atoms with Crippen molar-refractivity contribution in [2.45, 2.75) is 6.04 Å². The number of hydrogen-bond acceptors (Lipinski definition) is 4. The molecule has 0 fully saturated rings. The first-order chi connectivity index (χ1) is 9.74. The first kappa shape index (κ1) is 13.9. The molecule has 3 aromatic rings. The summed E-state index contributed by atoms with van der Waals surface area (Å²) in [5.74, 6) is 0. The fourth-order valence-corrected chi connectivity index (χ4v) is 4.02. The summed E-state index contributed by atoms with van der Waals surface area (Å²) in [6.45, 7) is 0. The van der Waals surface area contributed by atoms with E-state index in [1.54, 1.807) is 41.1 Å². The Hall–Kier alpha value is -1.07. The molecule has 1 unspecified atom stereocenters. The predicted octanol–water partition coefficient (Wildman–Crippen LogP) is 5.71. The molecular formula is C14H10Cl2N2S2. The van der Waals surface area contributed by atoms with Gasteiger partial charge in [0, 0.05) is 16.0 Å². The Morgan fingerprint density at radius 3 is 2.65 bits per heavy atom. The van der Waals surface area contributed by atoms with E-state index in [1.165, 1.54) is 4.88 Å². The summed E-state index contributed by atoms with van der Waals surface area (Å²) in [7, 11) is 0. The fourth-order valence-electron chi connectivity index (χ4n) is 1.86. The first-order valence-electron chi connectivity index (χ1n) is 5.89. The third kappa shape index (κ3) is 2.99. The normalized spacial score (nSPS) is 12.3. The van der Waals surface area contributed by atoms with Crippen LogP contribution in [0.5, 0.6) is 0 Å². The third-order valence-electron chi connectivity index (χ3n) is 2.77. The SMILES string of the molecule is Clc1ccc(C(Nc2cnccc2Cl)c2cccs2)s1. The van der Waals surface area contributed by atoms with Crippen molar-refractivity contribution in [1.29, 1.82) is 0 Å². The van der Waals surface area contributed by atoms with E-state index < -0.39 is 0 Å². The van der Waals surface area contributed by atoms with Crippen LogP contribution < -0.4 is 5.32 Å². The van der Waals surface area contributed by atoms with Crippen LogP contribution in [0.2, 0.25) is 9.36 Å². The number of halogens is 2. The van der Waals surface area contributed by atoms with Crippen molar-refractivity contribution in [1.82, 2.24) is 4.98 Å². The summed E-state index contributed by atoms with van der Waals surface area (Å²) in [5.41, 5.74) is 0.817. The minimum absolute atomic E-state index is 0.0363. The molecule has 0 spiro atoms. The van der Waals surface area contributed by atoms with E-state index >= 15 is 0 Å². The van der Waals surface area contributed by atoms with Crippen LogP contribution >= 0.6 is 45.9 Å². The number of hydrogen-bond donors (Lipinski definition) is 1. The number of pyridine rings is 1. The molecule has 0 bridgehead atoms. The highest BCUT2D eigenvalue weighted by molar-refractivity contribution is 7.16. The van der Waals surface area contributed by atoms with Crippen LogP contribution in [0.3, 0.4) is 0 Å². The van der Waals surface area contributed by atoms with E-state index in [0.717, 1.165) is 14.9 Å². The highest BCUT2D eigenvalue weighted by Gasteiger charge is 2.18. The second-order valence-electron chi connectivity index (χ2n) is 4.09. The summed E-state index contributed by atoms with van der Waals surface area (Å²) in [4.78, 5) is 6.47. The molecule has 1 N–H and O–H groups in total. The Labute approximate surface area is 135 Å². The molecule has 0 saturated heterocycles. The molecule has 0 aromatic carbocycles. The van der Waals surface area contributed by atoms with E-state index in [2.05, 4.69) is 21.7 Å². The van der Waals surface area contributed by atoms with E-state index in [4.69, 9.17) is 23.2 Å². The minimum Gasteiger partial charge on any atom is -0.370 e. The van der Waals surface area contributed by atoms with Gasteiger partial charge in [0.05, 0.1) is 27.3 Å². The molecule has 6 heteroatoms. The van der Waals surface area contributed by atoms with Gasteiger partial charge in [-0.2, -0.15) is 0 Å². The summed E-state index contributed by atoms with van der Waals surface area (Å²) in [6, 6.07) is 9.89. The maximum Gasteiger partial charge on any atom is 0.0954 e. The number of thiophene rings is 2. The highest BCUT2D eigenvalue weighted by Crippen LogP contribution is 2.36. The lowest BCUT2D eigenvalue weighted by molar-refractivity contribution is 0.989. The lowest BCUT2D eigenvalue weighted by Gasteiger charge is -2.18. The van der Waals surface area contributed by atoms with Gasteiger partial charge in [-0.25, -0.2) is 0 Å². The van der Waals surface area contributed by atoms with Gasteiger partial charge < -0.3 is 5.32 Å². The van der Waals surface area contributed by atoms with Crippen molar-refractivity contribution in [2.75, 3.05) is 5.32 Å². The summed E-state index contributed by atoms with van der Waals surface area (Å²) >= 11 is 15.5. The Balaban J connectivity index is 1.97. The van der Waals surface area contributed by atoms with E-state index in [1.807, 2.05) is 18.2 Å². The first-order valence-corrected chi connectivity index (χ1v) is 8.34. The van der Waals surface area contributed by atoms with Gasteiger partial charge in [-0.3, -0.25) is 4.98 Å². The fraction of sp³-hybridized carbons (Fsp3) is 0.0714. The number of nitrogens with one attached hydrogen (secondary N) is 1. The van der Waals surface area contributed by atoms with Crippen molar-refractivity contribution in [3.63, 3.8) is 0 Å². The molecule has 3 heterocycles. The number of nitrogens with zero attached hydrogens (tertiary/aromatic N) is 1. The molecule has 20 heavy (non-hydrogen) atoms. The molecule has 3 aromatic heterocycles. The lowest BCUT2D eigenvalue weighted by atomic mass is 10.2. The molecule has 0 amide bonds. The molecule has 0 saturated carbocycles. The van der Waals surface area contributed by atoms with Gasteiger partial charge in [0.2, 0.25) is 0 Å². The molecule has 0 radical (unpaired) electrons. The van der Waals surface area contributed by atoms with E-state index in [9.17, 15) is 0 Å². The van der Waals surface area contributed by atoms with Crippen LogP contribution in [-0.4, -0.2) is 4.98 Å². The van der Waals surface area contributed by atoms with Crippen molar-refractivity contribution in [2.24, 2.45) is 0 Å². The Morgan fingerprint density at radius 2 is 2.00 bits per heavy atom. The second kappa shape index (κ2) is 6.14. The zero-order valence-corrected chi connectivity index (χ0v) is 13.4. The van der Waals surface area contributed by atoms with Gasteiger partial charge in [0.25, 0.3) is 0 Å². The van der Waals surface area contributed by atoms with Crippen LogP contribution in [-0.2, 0) is 0 Å². The molecule has 2 nitrogen and oxygen atoms in total. The molecule has 0 aliphatic heterocycles. The molecule has 1 atom stereocenters. The standard InChI is InChI=1S/C14H10Cl2N2S2/c15-9-5-6-17-8-10(9)18-14(11-2-1-7-19-11)12-3-4-13(16)20-12/h1-8,14,18H. The minimum atomic E-state index is 0.0363. The molecule has 3 rings (SSSR count). The van der Waals surface area contributed by atoms with Gasteiger partial charge in [0.15, 0.2) is 0 Å².